The fourth-order valence-corrected chi connectivity index (χ4v) is 2.21. The summed E-state index contributed by atoms with van der Waals surface area (Å²) in [7, 11) is 0. The van der Waals surface area contributed by atoms with Gasteiger partial charge in [-0.1, -0.05) is 12.1 Å². The molecule has 17 heavy (non-hydrogen) atoms. The van der Waals surface area contributed by atoms with Crippen LogP contribution in [0.25, 0.3) is 0 Å². The number of carbonyl (C=O) groups excluding carboxylic acids is 1. The van der Waals surface area contributed by atoms with Gasteiger partial charge in [-0.25, -0.2) is 4.39 Å². The highest BCUT2D eigenvalue weighted by molar-refractivity contribution is 6.31. The maximum Gasteiger partial charge on any atom is 0.183 e. The second-order valence-electron chi connectivity index (χ2n) is 4.17. The minimum absolute atomic E-state index is 0.127. The van der Waals surface area contributed by atoms with E-state index in [-0.39, 0.29) is 11.6 Å². The van der Waals surface area contributed by atoms with Crippen LogP contribution in [0.15, 0.2) is 24.3 Å². The summed E-state index contributed by atoms with van der Waals surface area (Å²) >= 11 is 6.09. The van der Waals surface area contributed by atoms with Crippen LogP contribution in [0, 0.1) is 5.82 Å². The van der Waals surface area contributed by atoms with Gasteiger partial charge in [0.05, 0.1) is 0 Å². The monoisotopic (exact) mass is 256 g/mol. The van der Waals surface area contributed by atoms with Crippen LogP contribution in [0.5, 0.6) is 0 Å². The van der Waals surface area contributed by atoms with Crippen molar-refractivity contribution in [1.82, 2.24) is 0 Å². The number of ether oxygens (including phenoxy) is 1. The van der Waals surface area contributed by atoms with Crippen molar-refractivity contribution in [3.8, 4) is 0 Å². The summed E-state index contributed by atoms with van der Waals surface area (Å²) in [5, 5.41) is -0.751. The van der Waals surface area contributed by atoms with Gasteiger partial charge in [0.15, 0.2) is 5.78 Å². The fraction of sp³-hybridized carbons (Fsp3) is 0.462. The van der Waals surface area contributed by atoms with Gasteiger partial charge in [-0.05, 0) is 37.0 Å². The first kappa shape index (κ1) is 12.5. The predicted octanol–water partition coefficient (Wildman–Crippen LogP) is 3.24. The molecule has 0 radical (unpaired) electrons. The number of rotatable bonds is 3. The lowest BCUT2D eigenvalue weighted by molar-refractivity contribution is -0.132. The van der Waals surface area contributed by atoms with Gasteiger partial charge in [0.2, 0.25) is 0 Å². The van der Waals surface area contributed by atoms with E-state index in [1.54, 1.807) is 0 Å². The molecule has 1 aliphatic heterocycles. The van der Waals surface area contributed by atoms with Crippen LogP contribution in [0.2, 0.25) is 0 Å². The molecule has 1 aromatic carbocycles. The number of halogens is 2. The lowest BCUT2D eigenvalue weighted by Crippen LogP contribution is -2.30. The third-order valence-electron chi connectivity index (χ3n) is 2.91. The third kappa shape index (κ3) is 3.05. The van der Waals surface area contributed by atoms with Crippen LogP contribution in [0.3, 0.4) is 0 Å². The van der Waals surface area contributed by atoms with Gasteiger partial charge in [-0.2, -0.15) is 0 Å². The summed E-state index contributed by atoms with van der Waals surface area (Å²) in [5.41, 5.74) is 0.618. The highest BCUT2D eigenvalue weighted by Gasteiger charge is 2.28. The largest absolute Gasteiger partial charge is 0.370 e. The molecule has 0 spiro atoms. The van der Waals surface area contributed by atoms with E-state index in [1.807, 2.05) is 0 Å². The molecule has 0 bridgehead atoms. The molecule has 2 unspecified atom stereocenters. The van der Waals surface area contributed by atoms with Crippen LogP contribution >= 0.6 is 11.6 Å². The molecule has 1 saturated heterocycles. The molecular formula is C13H14ClFO2. The predicted molar refractivity (Wildman–Crippen MR) is 63.6 cm³/mol. The number of alkyl halides is 1. The molecule has 0 aromatic heterocycles. The maximum atomic E-state index is 12.8. The van der Waals surface area contributed by atoms with Gasteiger partial charge >= 0.3 is 0 Å². The second-order valence-corrected chi connectivity index (χ2v) is 4.61. The smallest absolute Gasteiger partial charge is 0.183 e. The first-order valence-corrected chi connectivity index (χ1v) is 6.17. The average molecular weight is 257 g/mol. The Morgan fingerprint density at radius 1 is 1.35 bits per heavy atom. The van der Waals surface area contributed by atoms with Gasteiger partial charge in [0.1, 0.15) is 17.3 Å². The van der Waals surface area contributed by atoms with E-state index in [1.165, 1.54) is 24.3 Å². The molecule has 0 saturated carbocycles. The van der Waals surface area contributed by atoms with Gasteiger partial charge < -0.3 is 4.74 Å². The summed E-state index contributed by atoms with van der Waals surface area (Å²) in [4.78, 5) is 12.0. The third-order valence-corrected chi connectivity index (χ3v) is 3.38. The standard InChI is InChI=1S/C13H14ClFO2/c14-12(9-4-6-10(15)7-5-9)13(16)11-3-1-2-8-17-11/h4-7,11-12H,1-3,8H2. The molecule has 4 heteroatoms. The first-order valence-electron chi connectivity index (χ1n) is 5.73. The molecule has 92 valence electrons. The molecule has 1 heterocycles. The minimum Gasteiger partial charge on any atom is -0.370 e. The molecule has 1 aliphatic rings. The zero-order valence-corrected chi connectivity index (χ0v) is 10.1. The van der Waals surface area contributed by atoms with Crippen LogP contribution < -0.4 is 0 Å². The highest BCUT2D eigenvalue weighted by Crippen LogP contribution is 2.27. The van der Waals surface area contributed by atoms with E-state index in [0.717, 1.165) is 19.3 Å². The van der Waals surface area contributed by atoms with Crippen molar-refractivity contribution < 1.29 is 13.9 Å². The van der Waals surface area contributed by atoms with Crippen molar-refractivity contribution in [1.29, 1.82) is 0 Å². The Balaban J connectivity index is 2.05. The van der Waals surface area contributed by atoms with Crippen molar-refractivity contribution >= 4 is 17.4 Å². The molecule has 2 atom stereocenters. The zero-order valence-electron chi connectivity index (χ0n) is 9.36. The highest BCUT2D eigenvalue weighted by atomic mass is 35.5. The molecule has 1 aromatic rings. The van der Waals surface area contributed by atoms with Gasteiger partial charge in [-0.15, -0.1) is 11.6 Å². The van der Waals surface area contributed by atoms with Crippen molar-refractivity contribution in [2.45, 2.75) is 30.7 Å². The van der Waals surface area contributed by atoms with Crippen molar-refractivity contribution in [2.24, 2.45) is 0 Å². The molecular weight excluding hydrogens is 243 g/mol. The van der Waals surface area contributed by atoms with Crippen molar-refractivity contribution in [2.75, 3.05) is 6.61 Å². The molecule has 0 N–H and O–H groups in total. The van der Waals surface area contributed by atoms with E-state index in [2.05, 4.69) is 0 Å². The van der Waals surface area contributed by atoms with Crippen molar-refractivity contribution in [3.05, 3.63) is 35.6 Å². The number of hydrogen-bond acceptors (Lipinski definition) is 2. The number of ketones is 1. The van der Waals surface area contributed by atoms with Gasteiger partial charge in [-0.3, -0.25) is 4.79 Å². The maximum absolute atomic E-state index is 12.8. The lowest BCUT2D eigenvalue weighted by Gasteiger charge is -2.23. The van der Waals surface area contributed by atoms with Crippen LogP contribution in [-0.2, 0) is 9.53 Å². The van der Waals surface area contributed by atoms with Crippen LogP contribution in [0.1, 0.15) is 30.2 Å². The molecule has 1 fully saturated rings. The molecule has 2 rings (SSSR count). The zero-order chi connectivity index (χ0) is 12.3. The van der Waals surface area contributed by atoms with E-state index < -0.39 is 11.5 Å². The van der Waals surface area contributed by atoms with Crippen LogP contribution in [0.4, 0.5) is 4.39 Å². The Labute approximate surface area is 105 Å². The fourth-order valence-electron chi connectivity index (χ4n) is 1.92. The number of benzene rings is 1. The SMILES string of the molecule is O=C(C1CCCCO1)C(Cl)c1ccc(F)cc1. The summed E-state index contributed by atoms with van der Waals surface area (Å²) in [5.74, 6) is -0.461. The minimum atomic E-state index is -0.751. The Morgan fingerprint density at radius 3 is 2.65 bits per heavy atom. The Kier molecular flexibility index (Phi) is 4.13. The molecule has 2 nitrogen and oxygen atoms in total. The van der Waals surface area contributed by atoms with Crippen LogP contribution in [-0.4, -0.2) is 18.5 Å². The number of Topliss-reactive ketones (excluding diaryl/α,β-unsaturated/α-hetero) is 1. The van der Waals surface area contributed by atoms with Gasteiger partial charge in [0.25, 0.3) is 0 Å². The summed E-state index contributed by atoms with van der Waals surface area (Å²) in [6.07, 6.45) is 2.30. The normalized spacial score (nSPS) is 22.1. The van der Waals surface area contributed by atoms with E-state index in [9.17, 15) is 9.18 Å². The topological polar surface area (TPSA) is 26.3 Å². The van der Waals surface area contributed by atoms with E-state index in [0.29, 0.717) is 12.2 Å². The van der Waals surface area contributed by atoms with E-state index in [4.69, 9.17) is 16.3 Å². The second kappa shape index (κ2) is 5.61. The summed E-state index contributed by atoms with van der Waals surface area (Å²) < 4.78 is 18.2. The quantitative estimate of drug-likeness (QED) is 0.776. The lowest BCUT2D eigenvalue weighted by atomic mass is 9.99. The average Bonchev–Trinajstić information content (AvgIpc) is 2.39. The van der Waals surface area contributed by atoms with Crippen molar-refractivity contribution in [3.63, 3.8) is 0 Å². The Morgan fingerprint density at radius 2 is 2.06 bits per heavy atom. The Bertz CT molecular complexity index is 385. The summed E-state index contributed by atoms with van der Waals surface area (Å²) in [6, 6.07) is 5.68. The number of carbonyl (C=O) groups is 1. The van der Waals surface area contributed by atoms with Gasteiger partial charge in [0, 0.05) is 6.61 Å². The molecule has 0 amide bonds. The Hall–Kier alpha value is -0.930. The number of hydrogen-bond donors (Lipinski definition) is 0. The summed E-state index contributed by atoms with van der Waals surface area (Å²) in [6.45, 7) is 0.615. The first-order chi connectivity index (χ1) is 8.18. The molecule has 0 aliphatic carbocycles. The van der Waals surface area contributed by atoms with E-state index >= 15 is 0 Å².